The van der Waals surface area contributed by atoms with Crippen LogP contribution in [0.4, 0.5) is 0 Å². The molecular formula is C20H18Cl2N2O2. The van der Waals surface area contributed by atoms with Crippen molar-refractivity contribution in [2.24, 2.45) is 5.92 Å². The number of carbonyl (C=O) groups excluding carboxylic acids is 1. The van der Waals surface area contributed by atoms with E-state index in [2.05, 4.69) is 4.98 Å². The zero-order chi connectivity index (χ0) is 18.5. The van der Waals surface area contributed by atoms with Crippen LogP contribution in [0.15, 0.2) is 61.2 Å². The Bertz CT molecular complexity index is 877. The van der Waals surface area contributed by atoms with Crippen LogP contribution in [0.25, 0.3) is 0 Å². The minimum Gasteiger partial charge on any atom is -0.489 e. The summed E-state index contributed by atoms with van der Waals surface area (Å²) in [6, 6.07) is 12.4. The van der Waals surface area contributed by atoms with Gasteiger partial charge in [0.2, 0.25) is 0 Å². The van der Waals surface area contributed by atoms with Crippen LogP contribution >= 0.6 is 23.2 Å². The van der Waals surface area contributed by atoms with Crippen molar-refractivity contribution in [2.45, 2.75) is 20.1 Å². The van der Waals surface area contributed by atoms with Gasteiger partial charge in [-0.1, -0.05) is 36.2 Å². The van der Waals surface area contributed by atoms with Crippen molar-refractivity contribution in [3.63, 3.8) is 0 Å². The Labute approximate surface area is 162 Å². The maximum Gasteiger partial charge on any atom is 0.167 e. The van der Waals surface area contributed by atoms with Gasteiger partial charge in [-0.15, -0.1) is 0 Å². The fourth-order valence-electron chi connectivity index (χ4n) is 2.59. The highest BCUT2D eigenvalue weighted by molar-refractivity contribution is 6.35. The zero-order valence-corrected chi connectivity index (χ0v) is 15.7. The lowest BCUT2D eigenvalue weighted by molar-refractivity contribution is 0.0918. The number of ether oxygens (including phenoxy) is 1. The SMILES string of the molecule is C[C@H](Cn1ccnc1)C(=O)c1ccc(OCc2ccc(Cl)cc2Cl)cc1. The van der Waals surface area contributed by atoms with Crippen LogP contribution in [0.2, 0.25) is 10.0 Å². The van der Waals surface area contributed by atoms with Crippen LogP contribution in [-0.4, -0.2) is 15.3 Å². The zero-order valence-electron chi connectivity index (χ0n) is 14.2. The highest BCUT2D eigenvalue weighted by Crippen LogP contribution is 2.23. The van der Waals surface area contributed by atoms with Gasteiger partial charge in [0, 0.05) is 46.0 Å². The molecule has 0 amide bonds. The third-order valence-electron chi connectivity index (χ3n) is 4.04. The van der Waals surface area contributed by atoms with Gasteiger partial charge in [-0.3, -0.25) is 4.79 Å². The molecule has 0 fully saturated rings. The number of nitrogens with zero attached hydrogens (tertiary/aromatic N) is 2. The molecule has 1 atom stereocenters. The lowest BCUT2D eigenvalue weighted by atomic mass is 9.99. The molecule has 26 heavy (non-hydrogen) atoms. The number of hydrogen-bond acceptors (Lipinski definition) is 3. The van der Waals surface area contributed by atoms with E-state index in [1.165, 1.54) is 0 Å². The Balaban J connectivity index is 1.59. The lowest BCUT2D eigenvalue weighted by Gasteiger charge is -2.12. The molecule has 0 bridgehead atoms. The van der Waals surface area contributed by atoms with E-state index in [-0.39, 0.29) is 11.7 Å². The van der Waals surface area contributed by atoms with Gasteiger partial charge in [-0.05, 0) is 36.4 Å². The smallest absolute Gasteiger partial charge is 0.167 e. The average Bonchev–Trinajstić information content (AvgIpc) is 3.14. The molecule has 4 nitrogen and oxygen atoms in total. The lowest BCUT2D eigenvalue weighted by Crippen LogP contribution is -2.17. The molecule has 2 aromatic carbocycles. The molecule has 1 heterocycles. The molecule has 0 N–H and O–H groups in total. The summed E-state index contributed by atoms with van der Waals surface area (Å²) in [7, 11) is 0. The van der Waals surface area contributed by atoms with Crippen molar-refractivity contribution >= 4 is 29.0 Å². The van der Waals surface area contributed by atoms with Crippen LogP contribution in [-0.2, 0) is 13.2 Å². The van der Waals surface area contributed by atoms with Crippen molar-refractivity contribution < 1.29 is 9.53 Å². The summed E-state index contributed by atoms with van der Waals surface area (Å²) < 4.78 is 7.64. The van der Waals surface area contributed by atoms with E-state index in [1.54, 1.807) is 48.9 Å². The van der Waals surface area contributed by atoms with Crippen molar-refractivity contribution in [1.82, 2.24) is 9.55 Å². The van der Waals surface area contributed by atoms with E-state index >= 15 is 0 Å². The molecule has 1 aromatic heterocycles. The third kappa shape index (κ3) is 4.65. The number of Topliss-reactive ketones (excluding diaryl/α,β-unsaturated/α-hetero) is 1. The summed E-state index contributed by atoms with van der Waals surface area (Å²) in [4.78, 5) is 16.5. The molecule has 0 aliphatic heterocycles. The Morgan fingerprint density at radius 3 is 2.62 bits per heavy atom. The summed E-state index contributed by atoms with van der Waals surface area (Å²) in [5, 5.41) is 1.16. The van der Waals surface area contributed by atoms with Crippen LogP contribution in [0.5, 0.6) is 5.75 Å². The van der Waals surface area contributed by atoms with Crippen molar-refractivity contribution in [1.29, 1.82) is 0 Å². The Kier molecular flexibility index (Phi) is 5.96. The number of carbonyl (C=O) groups is 1. The number of imidazole rings is 1. The Hall–Kier alpha value is -2.30. The molecule has 6 heteroatoms. The number of ketones is 1. The Morgan fingerprint density at radius 1 is 1.19 bits per heavy atom. The predicted octanol–water partition coefficient (Wildman–Crippen LogP) is 5.29. The third-order valence-corrected chi connectivity index (χ3v) is 4.63. The van der Waals surface area contributed by atoms with Gasteiger partial charge in [-0.25, -0.2) is 4.98 Å². The van der Waals surface area contributed by atoms with Crippen LogP contribution < -0.4 is 4.74 Å². The first-order valence-electron chi connectivity index (χ1n) is 8.19. The predicted molar refractivity (Wildman–Crippen MR) is 103 cm³/mol. The van der Waals surface area contributed by atoms with Crippen LogP contribution in [0, 0.1) is 5.92 Å². The highest BCUT2D eigenvalue weighted by atomic mass is 35.5. The first-order valence-corrected chi connectivity index (χ1v) is 8.95. The summed E-state index contributed by atoms with van der Waals surface area (Å²) in [5.41, 5.74) is 1.51. The molecule has 3 rings (SSSR count). The molecule has 0 aliphatic carbocycles. The standard InChI is InChI=1S/C20H18Cl2N2O2/c1-14(11-24-9-8-23-13-24)20(25)15-3-6-18(7-4-15)26-12-16-2-5-17(21)10-19(16)22/h2-10,13-14H,11-12H2,1H3/t14-/m1/s1. The second-order valence-corrected chi connectivity index (χ2v) is 6.92. The number of hydrogen-bond donors (Lipinski definition) is 0. The highest BCUT2D eigenvalue weighted by Gasteiger charge is 2.15. The summed E-state index contributed by atoms with van der Waals surface area (Å²) in [6.07, 6.45) is 5.27. The van der Waals surface area contributed by atoms with E-state index in [9.17, 15) is 4.79 Å². The van der Waals surface area contributed by atoms with Gasteiger partial charge in [-0.2, -0.15) is 0 Å². The van der Waals surface area contributed by atoms with Gasteiger partial charge >= 0.3 is 0 Å². The fourth-order valence-corrected chi connectivity index (χ4v) is 3.06. The molecule has 3 aromatic rings. The number of aromatic nitrogens is 2. The topological polar surface area (TPSA) is 44.1 Å². The fraction of sp³-hybridized carbons (Fsp3) is 0.200. The normalized spacial score (nSPS) is 12.0. The van der Waals surface area contributed by atoms with E-state index in [0.717, 1.165) is 5.56 Å². The van der Waals surface area contributed by atoms with Crippen LogP contribution in [0.1, 0.15) is 22.8 Å². The molecule has 134 valence electrons. The van der Waals surface area contributed by atoms with Crippen molar-refractivity contribution in [3.8, 4) is 5.75 Å². The molecule has 0 spiro atoms. The number of halogens is 2. The number of rotatable bonds is 7. The molecule has 0 radical (unpaired) electrons. The molecular weight excluding hydrogens is 371 g/mol. The first-order chi connectivity index (χ1) is 12.5. The largest absolute Gasteiger partial charge is 0.489 e. The van der Waals surface area contributed by atoms with E-state index in [1.807, 2.05) is 23.8 Å². The van der Waals surface area contributed by atoms with E-state index < -0.39 is 0 Å². The first kappa shape index (κ1) is 18.5. The summed E-state index contributed by atoms with van der Waals surface area (Å²) >= 11 is 12.0. The second kappa shape index (κ2) is 8.39. The van der Waals surface area contributed by atoms with E-state index in [0.29, 0.717) is 34.5 Å². The summed E-state index contributed by atoms with van der Waals surface area (Å²) in [6.45, 7) is 2.85. The van der Waals surface area contributed by atoms with Gasteiger partial charge in [0.25, 0.3) is 0 Å². The molecule has 0 saturated heterocycles. The maximum atomic E-state index is 12.5. The minimum atomic E-state index is -0.135. The molecule has 0 unspecified atom stereocenters. The van der Waals surface area contributed by atoms with Gasteiger partial charge < -0.3 is 9.30 Å². The van der Waals surface area contributed by atoms with Crippen molar-refractivity contribution in [3.05, 3.63) is 82.4 Å². The van der Waals surface area contributed by atoms with Gasteiger partial charge in [0.05, 0.1) is 6.33 Å². The second-order valence-electron chi connectivity index (χ2n) is 6.07. The van der Waals surface area contributed by atoms with Gasteiger partial charge in [0.15, 0.2) is 5.78 Å². The Morgan fingerprint density at radius 2 is 1.96 bits per heavy atom. The maximum absolute atomic E-state index is 12.5. The molecule has 0 saturated carbocycles. The minimum absolute atomic E-state index is 0.0889. The quantitative estimate of drug-likeness (QED) is 0.516. The van der Waals surface area contributed by atoms with Crippen LogP contribution in [0.3, 0.4) is 0 Å². The van der Waals surface area contributed by atoms with Crippen molar-refractivity contribution in [2.75, 3.05) is 0 Å². The molecule has 0 aliphatic rings. The summed E-state index contributed by atoms with van der Waals surface area (Å²) in [5.74, 6) is 0.629. The average molecular weight is 389 g/mol. The number of benzene rings is 2. The monoisotopic (exact) mass is 388 g/mol. The van der Waals surface area contributed by atoms with Gasteiger partial charge in [0.1, 0.15) is 12.4 Å². The van der Waals surface area contributed by atoms with E-state index in [4.69, 9.17) is 27.9 Å².